The molecule has 16 heavy (non-hydrogen) atoms. The Hall–Kier alpha value is -0.420. The van der Waals surface area contributed by atoms with E-state index in [4.69, 9.17) is 0 Å². The summed E-state index contributed by atoms with van der Waals surface area (Å²) in [5.41, 5.74) is 0.989. The van der Waals surface area contributed by atoms with Crippen LogP contribution >= 0.6 is 31.9 Å². The lowest BCUT2D eigenvalue weighted by molar-refractivity contribution is 0.0917. The molecular weight excluding hydrogens is 336 g/mol. The van der Waals surface area contributed by atoms with Crippen LogP contribution < -0.4 is 5.32 Å². The molecule has 1 heterocycles. The van der Waals surface area contributed by atoms with Crippen LogP contribution in [0.2, 0.25) is 0 Å². The molecule has 0 aliphatic rings. The number of carbonyl (C=O) groups is 1. The van der Waals surface area contributed by atoms with Crippen LogP contribution in [0.4, 0.5) is 0 Å². The maximum Gasteiger partial charge on any atom is 0.270 e. The third-order valence-electron chi connectivity index (χ3n) is 2.13. The zero-order chi connectivity index (χ0) is 12.2. The zero-order valence-corrected chi connectivity index (χ0v) is 12.4. The van der Waals surface area contributed by atoms with Crippen molar-refractivity contribution < 1.29 is 4.79 Å². The predicted molar refractivity (Wildman–Crippen MR) is 72.4 cm³/mol. The number of hydrogen-bond acceptors (Lipinski definition) is 2. The molecule has 5 heteroatoms. The van der Waals surface area contributed by atoms with Crippen LogP contribution in [0, 0.1) is 6.92 Å². The van der Waals surface area contributed by atoms with Gasteiger partial charge in [0.2, 0.25) is 0 Å². The minimum Gasteiger partial charge on any atom is -0.344 e. The largest absolute Gasteiger partial charge is 0.344 e. The molecule has 0 spiro atoms. The van der Waals surface area contributed by atoms with Gasteiger partial charge in [-0.25, -0.2) is 4.98 Å². The molecule has 0 aliphatic heterocycles. The molecular formula is C11H14Br2N2O. The summed E-state index contributed by atoms with van der Waals surface area (Å²) in [6, 6.07) is 5.41. The monoisotopic (exact) mass is 348 g/mol. The highest BCUT2D eigenvalue weighted by Crippen LogP contribution is 2.12. The van der Waals surface area contributed by atoms with Crippen LogP contribution in [0.5, 0.6) is 0 Å². The Balaban J connectivity index is 2.80. The van der Waals surface area contributed by atoms with Gasteiger partial charge in [0.05, 0.1) is 5.54 Å². The third-order valence-corrected chi connectivity index (χ3v) is 4.60. The second kappa shape index (κ2) is 5.77. The third kappa shape index (κ3) is 3.56. The summed E-state index contributed by atoms with van der Waals surface area (Å²) in [6.45, 7) is 3.83. The molecule has 1 amide bonds. The van der Waals surface area contributed by atoms with Gasteiger partial charge in [-0.15, -0.1) is 0 Å². The Morgan fingerprint density at radius 3 is 2.56 bits per heavy atom. The molecule has 0 fully saturated rings. The fourth-order valence-electron chi connectivity index (χ4n) is 1.11. The molecule has 0 aromatic carbocycles. The quantitative estimate of drug-likeness (QED) is 0.849. The molecule has 1 aromatic rings. The van der Waals surface area contributed by atoms with E-state index in [9.17, 15) is 4.79 Å². The van der Waals surface area contributed by atoms with Crippen LogP contribution in [0.1, 0.15) is 23.1 Å². The number of pyridine rings is 1. The Morgan fingerprint density at radius 2 is 2.06 bits per heavy atom. The first-order valence-electron chi connectivity index (χ1n) is 4.89. The number of carbonyl (C=O) groups excluding carboxylic acids is 1. The lowest BCUT2D eigenvalue weighted by Gasteiger charge is -2.26. The average molecular weight is 350 g/mol. The highest BCUT2D eigenvalue weighted by molar-refractivity contribution is 9.09. The molecule has 0 saturated carbocycles. The van der Waals surface area contributed by atoms with Gasteiger partial charge in [0, 0.05) is 16.4 Å². The molecule has 1 aromatic heterocycles. The molecule has 3 nitrogen and oxygen atoms in total. The second-order valence-electron chi connectivity index (χ2n) is 3.95. The van der Waals surface area contributed by atoms with Crippen molar-refractivity contribution in [3.05, 3.63) is 29.6 Å². The van der Waals surface area contributed by atoms with Gasteiger partial charge in [-0.05, 0) is 26.0 Å². The van der Waals surface area contributed by atoms with E-state index < -0.39 is 0 Å². The number of halogens is 2. The summed E-state index contributed by atoms with van der Waals surface area (Å²) < 4.78 is 0. The molecule has 0 aliphatic carbocycles. The van der Waals surface area contributed by atoms with E-state index in [1.165, 1.54) is 0 Å². The number of nitrogens with zero attached hydrogens (tertiary/aromatic N) is 1. The molecule has 0 saturated heterocycles. The molecule has 0 unspecified atom stereocenters. The first-order valence-corrected chi connectivity index (χ1v) is 7.13. The highest BCUT2D eigenvalue weighted by atomic mass is 79.9. The standard InChI is InChI=1S/C11H14Br2N2O/c1-8-4-3-5-9(14-8)10(16)15-11(2,6-12)7-13/h3-5H,6-7H2,1-2H3,(H,15,16). The van der Waals surface area contributed by atoms with E-state index in [1.807, 2.05) is 26.0 Å². The van der Waals surface area contributed by atoms with Crippen molar-refractivity contribution in [3.8, 4) is 0 Å². The van der Waals surface area contributed by atoms with E-state index in [1.54, 1.807) is 6.07 Å². The van der Waals surface area contributed by atoms with Crippen LogP contribution in [0.15, 0.2) is 18.2 Å². The summed E-state index contributed by atoms with van der Waals surface area (Å²) in [4.78, 5) is 16.1. The summed E-state index contributed by atoms with van der Waals surface area (Å²) in [6.07, 6.45) is 0. The number of aryl methyl sites for hydroxylation is 1. The topological polar surface area (TPSA) is 42.0 Å². The van der Waals surface area contributed by atoms with Gasteiger partial charge >= 0.3 is 0 Å². The van der Waals surface area contributed by atoms with Gasteiger partial charge < -0.3 is 5.32 Å². The van der Waals surface area contributed by atoms with Crippen molar-refractivity contribution in [1.29, 1.82) is 0 Å². The summed E-state index contributed by atoms with van der Waals surface area (Å²) in [5, 5.41) is 4.31. The number of hydrogen-bond donors (Lipinski definition) is 1. The highest BCUT2D eigenvalue weighted by Gasteiger charge is 2.24. The van der Waals surface area contributed by atoms with Crippen molar-refractivity contribution in [3.63, 3.8) is 0 Å². The fraction of sp³-hybridized carbons (Fsp3) is 0.455. The number of nitrogens with one attached hydrogen (secondary N) is 1. The predicted octanol–water partition coefficient (Wildman–Crippen LogP) is 2.67. The van der Waals surface area contributed by atoms with Gasteiger partial charge in [0.1, 0.15) is 5.69 Å². The van der Waals surface area contributed by atoms with Crippen molar-refractivity contribution in [2.24, 2.45) is 0 Å². The van der Waals surface area contributed by atoms with Gasteiger partial charge in [-0.2, -0.15) is 0 Å². The van der Waals surface area contributed by atoms with Crippen molar-refractivity contribution in [2.45, 2.75) is 19.4 Å². The Bertz CT molecular complexity index is 378. The van der Waals surface area contributed by atoms with Gasteiger partial charge in [-0.3, -0.25) is 4.79 Å². The SMILES string of the molecule is Cc1cccc(C(=O)NC(C)(CBr)CBr)n1. The van der Waals surface area contributed by atoms with Crippen molar-refractivity contribution in [1.82, 2.24) is 10.3 Å². The minimum atomic E-state index is -0.303. The maximum atomic E-state index is 11.9. The van der Waals surface area contributed by atoms with Gasteiger partial charge in [0.25, 0.3) is 5.91 Å². The number of rotatable bonds is 4. The Labute approximate surface area is 112 Å². The molecule has 0 bridgehead atoms. The van der Waals surface area contributed by atoms with Crippen LogP contribution in [-0.2, 0) is 0 Å². The molecule has 1 rings (SSSR count). The summed E-state index contributed by atoms with van der Waals surface area (Å²) >= 11 is 6.77. The average Bonchev–Trinajstić information content (AvgIpc) is 2.29. The minimum absolute atomic E-state index is 0.148. The van der Waals surface area contributed by atoms with E-state index in [-0.39, 0.29) is 11.4 Å². The molecule has 88 valence electrons. The second-order valence-corrected chi connectivity index (χ2v) is 5.07. The van der Waals surface area contributed by atoms with Crippen molar-refractivity contribution in [2.75, 3.05) is 10.7 Å². The van der Waals surface area contributed by atoms with E-state index in [0.29, 0.717) is 16.4 Å². The first kappa shape index (κ1) is 13.6. The fourth-order valence-corrected chi connectivity index (χ4v) is 2.32. The number of amides is 1. The number of aromatic nitrogens is 1. The van der Waals surface area contributed by atoms with Gasteiger partial charge in [0.15, 0.2) is 0 Å². The van der Waals surface area contributed by atoms with E-state index >= 15 is 0 Å². The molecule has 1 N–H and O–H groups in total. The van der Waals surface area contributed by atoms with Crippen LogP contribution in [-0.4, -0.2) is 27.1 Å². The lowest BCUT2D eigenvalue weighted by Crippen LogP contribution is -2.49. The normalized spacial score (nSPS) is 11.2. The van der Waals surface area contributed by atoms with E-state index in [2.05, 4.69) is 42.2 Å². The van der Waals surface area contributed by atoms with Crippen molar-refractivity contribution >= 4 is 37.8 Å². The smallest absolute Gasteiger partial charge is 0.270 e. The van der Waals surface area contributed by atoms with Crippen LogP contribution in [0.25, 0.3) is 0 Å². The van der Waals surface area contributed by atoms with Gasteiger partial charge in [-0.1, -0.05) is 37.9 Å². The Kier molecular flexibility index (Phi) is 4.92. The summed E-state index contributed by atoms with van der Waals surface area (Å²) in [5.74, 6) is -0.148. The first-order chi connectivity index (χ1) is 7.50. The maximum absolute atomic E-state index is 11.9. The zero-order valence-electron chi connectivity index (χ0n) is 9.26. The lowest BCUT2D eigenvalue weighted by atomic mass is 10.1. The van der Waals surface area contributed by atoms with E-state index in [0.717, 1.165) is 5.69 Å². The summed E-state index contributed by atoms with van der Waals surface area (Å²) in [7, 11) is 0. The number of alkyl halides is 2. The molecule has 0 radical (unpaired) electrons. The van der Waals surface area contributed by atoms with Crippen LogP contribution in [0.3, 0.4) is 0 Å². The molecule has 0 atom stereocenters. The Morgan fingerprint density at radius 1 is 1.44 bits per heavy atom.